The second-order valence-electron chi connectivity index (χ2n) is 8.60. The van der Waals surface area contributed by atoms with Crippen molar-refractivity contribution in [2.24, 2.45) is 17.6 Å². The van der Waals surface area contributed by atoms with Crippen molar-refractivity contribution in [1.82, 2.24) is 14.7 Å². The van der Waals surface area contributed by atoms with Crippen LogP contribution in [0.5, 0.6) is 0 Å². The van der Waals surface area contributed by atoms with Gasteiger partial charge < -0.3 is 20.7 Å². The molecule has 2 fully saturated rings. The molecule has 2 aliphatic rings. The van der Waals surface area contributed by atoms with Crippen LogP contribution in [0.25, 0.3) is 0 Å². The minimum absolute atomic E-state index is 0.176. The molecule has 2 aliphatic heterocycles. The largest absolute Gasteiger partial charge is 0.381 e. The standard InChI is InChI=1S/C23H29FN6O2/c24-18-1-3-19(4-2-18)27-23-20(22(26)31)14-30(28-23)21-15-29(10-6-17(21)13-25)9-5-16-7-11-32-12-8-16/h1-4,14,16-17,21H,5-12,15H2,(H2,26,31)(H,27,28)/t17-,21+/m0/s1. The number of amides is 1. The normalized spacial score (nSPS) is 22.4. The van der Waals surface area contributed by atoms with Crippen LogP contribution in [0.1, 0.15) is 42.1 Å². The van der Waals surface area contributed by atoms with E-state index in [-0.39, 0.29) is 23.3 Å². The highest BCUT2D eigenvalue weighted by Crippen LogP contribution is 2.30. The van der Waals surface area contributed by atoms with E-state index in [4.69, 9.17) is 10.5 Å². The van der Waals surface area contributed by atoms with E-state index in [1.165, 1.54) is 12.1 Å². The molecule has 0 saturated carbocycles. The van der Waals surface area contributed by atoms with E-state index < -0.39 is 5.91 Å². The van der Waals surface area contributed by atoms with Gasteiger partial charge in [-0.1, -0.05) is 0 Å². The van der Waals surface area contributed by atoms with E-state index in [9.17, 15) is 14.4 Å². The lowest BCUT2D eigenvalue weighted by molar-refractivity contribution is 0.0560. The second-order valence-corrected chi connectivity index (χ2v) is 8.60. The molecule has 170 valence electrons. The highest BCUT2D eigenvalue weighted by Gasteiger charge is 2.32. The van der Waals surface area contributed by atoms with Crippen molar-refractivity contribution < 1.29 is 13.9 Å². The number of nitriles is 1. The third-order valence-electron chi connectivity index (χ3n) is 6.47. The van der Waals surface area contributed by atoms with Crippen molar-refractivity contribution >= 4 is 17.4 Å². The lowest BCUT2D eigenvalue weighted by Gasteiger charge is -2.36. The topological polar surface area (TPSA) is 109 Å². The number of hydrogen-bond acceptors (Lipinski definition) is 6. The molecule has 1 aromatic carbocycles. The number of ether oxygens (including phenoxy) is 1. The number of likely N-dealkylation sites (tertiary alicyclic amines) is 1. The fourth-order valence-electron chi connectivity index (χ4n) is 4.52. The van der Waals surface area contributed by atoms with Crippen LogP contribution < -0.4 is 11.1 Å². The molecule has 0 unspecified atom stereocenters. The first kappa shape index (κ1) is 22.2. The zero-order chi connectivity index (χ0) is 22.5. The van der Waals surface area contributed by atoms with E-state index in [1.807, 2.05) is 0 Å². The summed E-state index contributed by atoms with van der Waals surface area (Å²) in [5.41, 5.74) is 6.42. The smallest absolute Gasteiger partial charge is 0.254 e. The number of nitrogens with zero attached hydrogens (tertiary/aromatic N) is 4. The fourth-order valence-corrected chi connectivity index (χ4v) is 4.52. The van der Waals surface area contributed by atoms with Crippen LogP contribution in [0, 0.1) is 29.0 Å². The first-order chi connectivity index (χ1) is 15.5. The highest BCUT2D eigenvalue weighted by atomic mass is 19.1. The van der Waals surface area contributed by atoms with Crippen LogP contribution in [0.4, 0.5) is 15.9 Å². The van der Waals surface area contributed by atoms with Crippen LogP contribution in [-0.2, 0) is 4.74 Å². The Morgan fingerprint density at radius 3 is 2.72 bits per heavy atom. The van der Waals surface area contributed by atoms with Crippen LogP contribution in [0.15, 0.2) is 30.5 Å². The number of hydrogen-bond donors (Lipinski definition) is 2. The minimum atomic E-state index is -0.610. The predicted octanol–water partition coefficient (Wildman–Crippen LogP) is 3.07. The molecule has 3 heterocycles. The fraction of sp³-hybridized carbons (Fsp3) is 0.522. The average molecular weight is 441 g/mol. The van der Waals surface area contributed by atoms with E-state index >= 15 is 0 Å². The maximum atomic E-state index is 13.2. The van der Waals surface area contributed by atoms with Gasteiger partial charge in [0, 0.05) is 31.6 Å². The van der Waals surface area contributed by atoms with Crippen LogP contribution in [0.3, 0.4) is 0 Å². The first-order valence-corrected chi connectivity index (χ1v) is 11.1. The Hall–Kier alpha value is -2.96. The third kappa shape index (κ3) is 5.26. The van der Waals surface area contributed by atoms with Gasteiger partial charge in [-0.15, -0.1) is 0 Å². The van der Waals surface area contributed by atoms with E-state index in [1.54, 1.807) is 23.0 Å². The summed E-state index contributed by atoms with van der Waals surface area (Å²) < 4.78 is 20.4. The Labute approximate surface area is 187 Å². The van der Waals surface area contributed by atoms with E-state index in [0.717, 1.165) is 52.0 Å². The molecule has 1 amide bonds. The summed E-state index contributed by atoms with van der Waals surface area (Å²) in [5.74, 6) is -0.167. The van der Waals surface area contributed by atoms with Gasteiger partial charge in [0.15, 0.2) is 5.82 Å². The summed E-state index contributed by atoms with van der Waals surface area (Å²) in [5, 5.41) is 17.3. The Bertz CT molecular complexity index is 964. The van der Waals surface area contributed by atoms with Crippen LogP contribution in [-0.4, -0.2) is 53.4 Å². The van der Waals surface area contributed by atoms with Crippen molar-refractivity contribution in [1.29, 1.82) is 5.26 Å². The Morgan fingerprint density at radius 2 is 2.03 bits per heavy atom. The number of carbonyl (C=O) groups is 1. The zero-order valence-corrected chi connectivity index (χ0v) is 18.0. The third-order valence-corrected chi connectivity index (χ3v) is 6.47. The highest BCUT2D eigenvalue weighted by molar-refractivity contribution is 5.98. The summed E-state index contributed by atoms with van der Waals surface area (Å²) in [7, 11) is 0. The molecule has 4 rings (SSSR count). The second kappa shape index (κ2) is 10.1. The van der Waals surface area contributed by atoms with E-state index in [0.29, 0.717) is 24.0 Å². The summed E-state index contributed by atoms with van der Waals surface area (Å²) in [6.07, 6.45) is 5.71. The van der Waals surface area contributed by atoms with E-state index in [2.05, 4.69) is 21.4 Å². The summed E-state index contributed by atoms with van der Waals surface area (Å²) in [4.78, 5) is 14.4. The number of primary amides is 1. The van der Waals surface area contributed by atoms with Gasteiger partial charge in [0.2, 0.25) is 0 Å². The van der Waals surface area contributed by atoms with Gasteiger partial charge in [0.1, 0.15) is 11.4 Å². The number of nitrogens with one attached hydrogen (secondary N) is 1. The molecule has 9 heteroatoms. The molecule has 3 N–H and O–H groups in total. The van der Waals surface area contributed by atoms with Crippen molar-refractivity contribution in [3.05, 3.63) is 41.8 Å². The van der Waals surface area contributed by atoms with Gasteiger partial charge in [0.25, 0.3) is 5.91 Å². The summed E-state index contributed by atoms with van der Waals surface area (Å²) >= 11 is 0. The molecule has 2 aromatic rings. The predicted molar refractivity (Wildman–Crippen MR) is 118 cm³/mol. The van der Waals surface area contributed by atoms with Crippen molar-refractivity contribution in [2.45, 2.75) is 31.7 Å². The van der Waals surface area contributed by atoms with Crippen molar-refractivity contribution in [3.8, 4) is 6.07 Å². The van der Waals surface area contributed by atoms with Crippen molar-refractivity contribution in [2.75, 3.05) is 38.2 Å². The number of benzene rings is 1. The van der Waals surface area contributed by atoms with Gasteiger partial charge in [0.05, 0.1) is 18.0 Å². The Morgan fingerprint density at radius 1 is 1.28 bits per heavy atom. The molecular weight excluding hydrogens is 411 g/mol. The molecule has 1 aromatic heterocycles. The van der Waals surface area contributed by atoms with Crippen LogP contribution in [0.2, 0.25) is 0 Å². The van der Waals surface area contributed by atoms with Gasteiger partial charge in [-0.25, -0.2) is 4.39 Å². The summed E-state index contributed by atoms with van der Waals surface area (Å²) in [6.45, 7) is 4.23. The Balaban J connectivity index is 1.49. The first-order valence-electron chi connectivity index (χ1n) is 11.1. The number of halogens is 1. The summed E-state index contributed by atoms with van der Waals surface area (Å²) in [6, 6.07) is 8.02. The molecular formula is C23H29FN6O2. The molecule has 0 bridgehead atoms. The number of carbonyl (C=O) groups excluding carboxylic acids is 1. The average Bonchev–Trinajstić information content (AvgIpc) is 3.23. The molecule has 32 heavy (non-hydrogen) atoms. The minimum Gasteiger partial charge on any atom is -0.381 e. The zero-order valence-electron chi connectivity index (χ0n) is 18.0. The Kier molecular flexibility index (Phi) is 7.02. The molecule has 0 aliphatic carbocycles. The molecule has 8 nitrogen and oxygen atoms in total. The molecule has 2 saturated heterocycles. The number of aromatic nitrogens is 2. The van der Waals surface area contributed by atoms with Gasteiger partial charge in [-0.05, 0) is 69.0 Å². The number of nitrogens with two attached hydrogens (primary N) is 1. The lowest BCUT2D eigenvalue weighted by Crippen LogP contribution is -2.42. The quantitative estimate of drug-likeness (QED) is 0.685. The monoisotopic (exact) mass is 440 g/mol. The van der Waals surface area contributed by atoms with Gasteiger partial charge >= 0.3 is 0 Å². The number of rotatable bonds is 7. The number of anilines is 2. The van der Waals surface area contributed by atoms with Crippen LogP contribution >= 0.6 is 0 Å². The maximum Gasteiger partial charge on any atom is 0.254 e. The van der Waals surface area contributed by atoms with Gasteiger partial charge in [-0.3, -0.25) is 9.48 Å². The lowest BCUT2D eigenvalue weighted by atomic mass is 9.91. The number of piperidine rings is 1. The maximum absolute atomic E-state index is 13.2. The SMILES string of the molecule is N#C[C@@H]1CCN(CCC2CCOCC2)C[C@H]1n1cc(C(N)=O)c(Nc2ccc(F)cc2)n1. The van der Waals surface area contributed by atoms with Gasteiger partial charge in [-0.2, -0.15) is 10.4 Å². The molecule has 0 spiro atoms. The van der Waals surface area contributed by atoms with Crippen molar-refractivity contribution in [3.63, 3.8) is 0 Å². The molecule has 0 radical (unpaired) electrons. The molecule has 2 atom stereocenters.